The minimum absolute atomic E-state index is 0.330. The molecule has 1 aliphatic carbocycles. The van der Waals surface area contributed by atoms with Crippen LogP contribution in [0.15, 0.2) is 42.5 Å². The maximum absolute atomic E-state index is 13.3. The fraction of sp³-hybridized carbons (Fsp3) is 0.375. The van der Waals surface area contributed by atoms with Gasteiger partial charge in [-0.3, -0.25) is 14.5 Å². The Morgan fingerprint density at radius 2 is 1.94 bits per heavy atom. The second-order valence-electron chi connectivity index (χ2n) is 8.43. The van der Waals surface area contributed by atoms with Crippen LogP contribution in [-0.4, -0.2) is 42.5 Å². The van der Waals surface area contributed by atoms with Crippen molar-refractivity contribution < 1.29 is 23.9 Å². The van der Waals surface area contributed by atoms with Gasteiger partial charge in [0.05, 0.1) is 6.04 Å². The minimum atomic E-state index is -1.08. The van der Waals surface area contributed by atoms with Gasteiger partial charge >= 0.3 is 6.03 Å². The highest BCUT2D eigenvalue weighted by Gasteiger charge is 2.54. The predicted octanol–water partition coefficient (Wildman–Crippen LogP) is 2.42. The van der Waals surface area contributed by atoms with Gasteiger partial charge in [-0.1, -0.05) is 30.3 Å². The van der Waals surface area contributed by atoms with Crippen molar-refractivity contribution in [2.45, 2.75) is 37.8 Å². The zero-order valence-electron chi connectivity index (χ0n) is 17.8. The number of hydrogen-bond acceptors (Lipinski definition) is 5. The van der Waals surface area contributed by atoms with Gasteiger partial charge in [0.25, 0.3) is 5.91 Å². The number of benzene rings is 2. The molecule has 5 rings (SSSR count). The molecule has 2 heterocycles. The zero-order chi connectivity index (χ0) is 22.3. The SMILES string of the molecule is C[C@H](NC(=O)CN1C(=O)N[C@]2(CCCc3ccccc32)C1=O)c1ccc2c(c1)OCCO2. The lowest BCUT2D eigenvalue weighted by molar-refractivity contribution is -0.135. The second kappa shape index (κ2) is 7.85. The maximum Gasteiger partial charge on any atom is 0.325 e. The van der Waals surface area contributed by atoms with Gasteiger partial charge < -0.3 is 20.1 Å². The summed E-state index contributed by atoms with van der Waals surface area (Å²) in [5, 5.41) is 5.75. The first-order chi connectivity index (χ1) is 15.5. The van der Waals surface area contributed by atoms with E-state index in [4.69, 9.17) is 9.47 Å². The van der Waals surface area contributed by atoms with E-state index in [2.05, 4.69) is 10.6 Å². The lowest BCUT2D eigenvalue weighted by Crippen LogP contribution is -2.47. The number of aryl methyl sites for hydroxylation is 1. The van der Waals surface area contributed by atoms with Crippen LogP contribution in [0.3, 0.4) is 0 Å². The molecule has 1 fully saturated rings. The fourth-order valence-corrected chi connectivity index (χ4v) is 4.80. The van der Waals surface area contributed by atoms with Crippen LogP contribution in [0.25, 0.3) is 0 Å². The number of carbonyl (C=O) groups is 3. The molecular weight excluding hydrogens is 410 g/mol. The van der Waals surface area contributed by atoms with E-state index in [0.29, 0.717) is 31.1 Å². The molecule has 166 valence electrons. The Labute approximate surface area is 185 Å². The van der Waals surface area contributed by atoms with Gasteiger partial charge in [-0.2, -0.15) is 0 Å². The van der Waals surface area contributed by atoms with Crippen molar-refractivity contribution in [1.82, 2.24) is 15.5 Å². The van der Waals surface area contributed by atoms with E-state index in [1.54, 1.807) is 0 Å². The molecule has 3 aliphatic rings. The van der Waals surface area contributed by atoms with Crippen LogP contribution in [-0.2, 0) is 21.5 Å². The summed E-state index contributed by atoms with van der Waals surface area (Å²) < 4.78 is 11.1. The summed E-state index contributed by atoms with van der Waals surface area (Å²) in [7, 11) is 0. The minimum Gasteiger partial charge on any atom is -0.486 e. The van der Waals surface area contributed by atoms with Gasteiger partial charge in [0.1, 0.15) is 25.3 Å². The van der Waals surface area contributed by atoms with Crippen molar-refractivity contribution in [3.05, 3.63) is 59.2 Å². The van der Waals surface area contributed by atoms with E-state index in [9.17, 15) is 14.4 Å². The number of fused-ring (bicyclic) bond motifs is 3. The van der Waals surface area contributed by atoms with Crippen molar-refractivity contribution in [3.8, 4) is 11.5 Å². The Balaban J connectivity index is 1.29. The molecule has 2 aliphatic heterocycles. The van der Waals surface area contributed by atoms with Crippen LogP contribution < -0.4 is 20.1 Å². The van der Waals surface area contributed by atoms with Crippen molar-refractivity contribution in [2.75, 3.05) is 19.8 Å². The van der Waals surface area contributed by atoms with Gasteiger partial charge in [0.2, 0.25) is 5.91 Å². The van der Waals surface area contributed by atoms with Crippen LogP contribution in [0.4, 0.5) is 4.79 Å². The molecular formula is C24H25N3O5. The summed E-state index contributed by atoms with van der Waals surface area (Å²) in [6.45, 7) is 2.50. The average molecular weight is 435 g/mol. The number of ether oxygens (including phenoxy) is 2. The summed E-state index contributed by atoms with van der Waals surface area (Å²) in [6.07, 6.45) is 2.19. The topological polar surface area (TPSA) is 97.0 Å². The molecule has 2 atom stereocenters. The fourth-order valence-electron chi connectivity index (χ4n) is 4.80. The molecule has 0 bridgehead atoms. The summed E-state index contributed by atoms with van der Waals surface area (Å²) in [4.78, 5) is 39.8. The smallest absolute Gasteiger partial charge is 0.325 e. The molecule has 1 saturated heterocycles. The average Bonchev–Trinajstić information content (AvgIpc) is 3.03. The summed E-state index contributed by atoms with van der Waals surface area (Å²) in [5.74, 6) is 0.548. The number of nitrogens with zero attached hydrogens (tertiary/aromatic N) is 1. The van der Waals surface area contributed by atoms with E-state index in [-0.39, 0.29) is 18.5 Å². The number of imide groups is 1. The van der Waals surface area contributed by atoms with Crippen LogP contribution in [0.1, 0.15) is 42.5 Å². The number of urea groups is 1. The number of hydrogen-bond donors (Lipinski definition) is 2. The van der Waals surface area contributed by atoms with E-state index in [1.807, 2.05) is 49.4 Å². The first kappa shape index (κ1) is 20.4. The van der Waals surface area contributed by atoms with E-state index >= 15 is 0 Å². The van der Waals surface area contributed by atoms with Gasteiger partial charge in [0, 0.05) is 0 Å². The quantitative estimate of drug-likeness (QED) is 0.719. The normalized spacial score (nSPS) is 22.3. The second-order valence-corrected chi connectivity index (χ2v) is 8.43. The Morgan fingerprint density at radius 3 is 2.78 bits per heavy atom. The molecule has 0 aromatic heterocycles. The third kappa shape index (κ3) is 3.36. The molecule has 0 radical (unpaired) electrons. The Hall–Kier alpha value is -3.55. The third-order valence-corrected chi connectivity index (χ3v) is 6.40. The Morgan fingerprint density at radius 1 is 1.16 bits per heavy atom. The predicted molar refractivity (Wildman–Crippen MR) is 115 cm³/mol. The van der Waals surface area contributed by atoms with Crippen molar-refractivity contribution in [2.24, 2.45) is 0 Å². The first-order valence-electron chi connectivity index (χ1n) is 10.9. The van der Waals surface area contributed by atoms with E-state index < -0.39 is 17.5 Å². The molecule has 4 amide bonds. The van der Waals surface area contributed by atoms with Gasteiger partial charge in [-0.15, -0.1) is 0 Å². The maximum atomic E-state index is 13.3. The monoisotopic (exact) mass is 435 g/mol. The molecule has 0 saturated carbocycles. The number of amides is 4. The molecule has 1 spiro atoms. The molecule has 2 aromatic carbocycles. The number of nitrogens with one attached hydrogen (secondary N) is 2. The van der Waals surface area contributed by atoms with E-state index in [1.165, 1.54) is 0 Å². The zero-order valence-corrected chi connectivity index (χ0v) is 17.8. The molecule has 0 unspecified atom stereocenters. The van der Waals surface area contributed by atoms with Crippen LogP contribution in [0.2, 0.25) is 0 Å². The number of rotatable bonds is 4. The van der Waals surface area contributed by atoms with Crippen molar-refractivity contribution >= 4 is 17.8 Å². The highest BCUT2D eigenvalue weighted by atomic mass is 16.6. The van der Waals surface area contributed by atoms with Crippen LogP contribution in [0.5, 0.6) is 11.5 Å². The van der Waals surface area contributed by atoms with Gasteiger partial charge in [-0.25, -0.2) is 4.79 Å². The molecule has 8 heteroatoms. The standard InChI is InChI=1S/C24H25N3O5/c1-15(17-8-9-19-20(13-17)32-12-11-31-19)25-21(28)14-27-22(29)24(26-23(27)30)10-4-6-16-5-2-3-7-18(16)24/h2-3,5,7-9,13,15H,4,6,10-12,14H2,1H3,(H,25,28)(H,26,30)/t15-,24-/m0/s1. The molecule has 8 nitrogen and oxygen atoms in total. The molecule has 2 N–H and O–H groups in total. The molecule has 2 aromatic rings. The van der Waals surface area contributed by atoms with Gasteiger partial charge in [-0.05, 0) is 55.0 Å². The molecule has 32 heavy (non-hydrogen) atoms. The highest BCUT2D eigenvalue weighted by molar-refractivity contribution is 6.09. The van der Waals surface area contributed by atoms with Crippen LogP contribution >= 0.6 is 0 Å². The van der Waals surface area contributed by atoms with Crippen LogP contribution in [0, 0.1) is 0 Å². The van der Waals surface area contributed by atoms with Gasteiger partial charge in [0.15, 0.2) is 11.5 Å². The van der Waals surface area contributed by atoms with Crippen molar-refractivity contribution in [3.63, 3.8) is 0 Å². The summed E-state index contributed by atoms with van der Waals surface area (Å²) >= 11 is 0. The largest absolute Gasteiger partial charge is 0.486 e. The Kier molecular flexibility index (Phi) is 5.00. The lowest BCUT2D eigenvalue weighted by atomic mass is 9.76. The summed E-state index contributed by atoms with van der Waals surface area (Å²) in [5.41, 5.74) is 1.66. The summed E-state index contributed by atoms with van der Waals surface area (Å²) in [6, 6.07) is 12.3. The van der Waals surface area contributed by atoms with E-state index in [0.717, 1.165) is 34.4 Å². The number of carbonyl (C=O) groups excluding carboxylic acids is 3. The lowest BCUT2D eigenvalue weighted by Gasteiger charge is -2.33. The first-order valence-corrected chi connectivity index (χ1v) is 10.9. The third-order valence-electron chi connectivity index (χ3n) is 6.40. The van der Waals surface area contributed by atoms with Crippen molar-refractivity contribution in [1.29, 1.82) is 0 Å². The Bertz CT molecular complexity index is 1100. The highest BCUT2D eigenvalue weighted by Crippen LogP contribution is 2.40.